The third-order valence-electron chi connectivity index (χ3n) is 4.20. The number of rotatable bonds is 5. The number of nitrogens with zero attached hydrogens (tertiary/aromatic N) is 3. The molecule has 6 heteroatoms. The van der Waals surface area contributed by atoms with Gasteiger partial charge in [-0.3, -0.25) is 0 Å². The maximum absolute atomic E-state index is 11.1. The molecule has 0 aliphatic rings. The Labute approximate surface area is 140 Å². The van der Waals surface area contributed by atoms with Crippen molar-refractivity contribution in [3.05, 3.63) is 41.9 Å². The van der Waals surface area contributed by atoms with Crippen LogP contribution in [0.5, 0.6) is 0 Å². The summed E-state index contributed by atoms with van der Waals surface area (Å²) in [6.45, 7) is 4.99. The second-order valence-electron chi connectivity index (χ2n) is 5.66. The first kappa shape index (κ1) is 16.0. The van der Waals surface area contributed by atoms with E-state index in [1.165, 1.54) is 6.33 Å². The third kappa shape index (κ3) is 2.50. The van der Waals surface area contributed by atoms with Crippen LogP contribution in [0, 0.1) is 0 Å². The first-order valence-electron chi connectivity index (χ1n) is 8.03. The maximum atomic E-state index is 11.1. The van der Waals surface area contributed by atoms with Gasteiger partial charge in [0.25, 0.3) is 0 Å². The number of carboxylic acid groups (broad SMARTS) is 1. The summed E-state index contributed by atoms with van der Waals surface area (Å²) >= 11 is 0. The largest absolute Gasteiger partial charge is 0.478 e. The number of hydrogen-bond donors (Lipinski definition) is 2. The molecule has 2 aromatic heterocycles. The molecule has 6 nitrogen and oxygen atoms in total. The summed E-state index contributed by atoms with van der Waals surface area (Å²) in [6, 6.07) is 6.87. The highest BCUT2D eigenvalue weighted by molar-refractivity contribution is 6.02. The van der Waals surface area contributed by atoms with Crippen molar-refractivity contribution in [1.82, 2.24) is 14.5 Å². The highest BCUT2D eigenvalue weighted by atomic mass is 16.4. The molecule has 3 rings (SSSR count). The molecule has 0 amide bonds. The Bertz CT molecular complexity index is 898. The maximum Gasteiger partial charge on any atom is 0.335 e. The molecule has 0 saturated carbocycles. The number of aromatic carboxylic acids is 1. The van der Waals surface area contributed by atoms with Crippen molar-refractivity contribution in [2.45, 2.75) is 33.2 Å². The number of aromatic nitrogens is 3. The Morgan fingerprint density at radius 3 is 2.50 bits per heavy atom. The van der Waals surface area contributed by atoms with Gasteiger partial charge in [-0.1, -0.05) is 25.5 Å². The van der Waals surface area contributed by atoms with Crippen LogP contribution in [0.3, 0.4) is 0 Å². The van der Waals surface area contributed by atoms with Crippen LogP contribution in [-0.2, 0) is 13.0 Å². The first-order chi connectivity index (χ1) is 11.6. The molecule has 0 atom stereocenters. The lowest BCUT2D eigenvalue weighted by molar-refractivity contribution is 0.0697. The van der Waals surface area contributed by atoms with E-state index in [1.807, 2.05) is 12.1 Å². The number of carbonyl (C=O) groups is 1. The van der Waals surface area contributed by atoms with Gasteiger partial charge in [0, 0.05) is 17.8 Å². The zero-order valence-corrected chi connectivity index (χ0v) is 13.8. The predicted molar refractivity (Wildman–Crippen MR) is 94.0 cm³/mol. The predicted octanol–water partition coefficient (Wildman–Crippen LogP) is 3.35. The molecular weight excluding hydrogens is 304 g/mol. The molecule has 0 radical (unpaired) electrons. The zero-order valence-electron chi connectivity index (χ0n) is 13.8. The second kappa shape index (κ2) is 6.31. The number of hydrogen-bond acceptors (Lipinski definition) is 4. The summed E-state index contributed by atoms with van der Waals surface area (Å²) in [5.74, 6) is -0.490. The molecule has 0 aliphatic heterocycles. The number of benzene rings is 1. The minimum atomic E-state index is -0.936. The van der Waals surface area contributed by atoms with Gasteiger partial charge in [-0.05, 0) is 31.0 Å². The highest BCUT2D eigenvalue weighted by Crippen LogP contribution is 2.37. The topological polar surface area (TPSA) is 94.0 Å². The molecule has 0 spiro atoms. The van der Waals surface area contributed by atoms with E-state index in [9.17, 15) is 4.79 Å². The molecule has 124 valence electrons. The number of aryl methyl sites for hydroxylation is 1. The standard InChI is InChI=1S/C18H20N4O2/c1-3-5-13-14(11-6-8-12(9-7-11)18(23)24)15-16(19)20-10-21-17(15)22(13)4-2/h6-10H,3-5H2,1-2H3,(H,23,24)(H2,19,20,21). The first-order valence-corrected chi connectivity index (χ1v) is 8.03. The van der Waals surface area contributed by atoms with Gasteiger partial charge in [0.1, 0.15) is 17.8 Å². The fourth-order valence-corrected chi connectivity index (χ4v) is 3.17. The van der Waals surface area contributed by atoms with E-state index in [0.717, 1.165) is 47.2 Å². The van der Waals surface area contributed by atoms with E-state index >= 15 is 0 Å². The molecule has 2 heterocycles. The summed E-state index contributed by atoms with van der Waals surface area (Å²) in [5.41, 5.74) is 10.3. The Morgan fingerprint density at radius 1 is 1.21 bits per heavy atom. The van der Waals surface area contributed by atoms with Crippen molar-refractivity contribution in [2.75, 3.05) is 5.73 Å². The van der Waals surface area contributed by atoms with Crippen molar-refractivity contribution in [3.8, 4) is 11.1 Å². The van der Waals surface area contributed by atoms with Gasteiger partial charge in [0.05, 0.1) is 10.9 Å². The van der Waals surface area contributed by atoms with Crippen LogP contribution in [0.25, 0.3) is 22.2 Å². The highest BCUT2D eigenvalue weighted by Gasteiger charge is 2.21. The van der Waals surface area contributed by atoms with Crippen LogP contribution in [0.1, 0.15) is 36.3 Å². The van der Waals surface area contributed by atoms with Gasteiger partial charge in [0.2, 0.25) is 0 Å². The molecule has 0 bridgehead atoms. The van der Waals surface area contributed by atoms with Crippen LogP contribution in [0.4, 0.5) is 5.82 Å². The number of carboxylic acids is 1. The van der Waals surface area contributed by atoms with Gasteiger partial charge in [0.15, 0.2) is 0 Å². The van der Waals surface area contributed by atoms with Crippen LogP contribution >= 0.6 is 0 Å². The molecule has 0 unspecified atom stereocenters. The fraction of sp³-hybridized carbons (Fsp3) is 0.278. The van der Waals surface area contributed by atoms with Crippen LogP contribution in [0.2, 0.25) is 0 Å². The van der Waals surface area contributed by atoms with Gasteiger partial charge >= 0.3 is 5.97 Å². The van der Waals surface area contributed by atoms with E-state index < -0.39 is 5.97 Å². The van der Waals surface area contributed by atoms with Crippen LogP contribution in [-0.4, -0.2) is 25.6 Å². The number of nitrogen functional groups attached to an aromatic ring is 1. The number of fused-ring (bicyclic) bond motifs is 1. The van der Waals surface area contributed by atoms with Crippen molar-refractivity contribution >= 4 is 22.8 Å². The third-order valence-corrected chi connectivity index (χ3v) is 4.20. The lowest BCUT2D eigenvalue weighted by Gasteiger charge is -2.09. The second-order valence-corrected chi connectivity index (χ2v) is 5.66. The average Bonchev–Trinajstić information content (AvgIpc) is 2.90. The van der Waals surface area contributed by atoms with E-state index in [2.05, 4.69) is 28.4 Å². The Hall–Kier alpha value is -2.89. The van der Waals surface area contributed by atoms with Gasteiger partial charge in [-0.15, -0.1) is 0 Å². The molecule has 0 saturated heterocycles. The van der Waals surface area contributed by atoms with Crippen molar-refractivity contribution in [3.63, 3.8) is 0 Å². The average molecular weight is 324 g/mol. The molecule has 3 aromatic rings. The van der Waals surface area contributed by atoms with Gasteiger partial charge < -0.3 is 15.4 Å². The monoisotopic (exact) mass is 324 g/mol. The van der Waals surface area contributed by atoms with Gasteiger partial charge in [-0.25, -0.2) is 14.8 Å². The van der Waals surface area contributed by atoms with Crippen molar-refractivity contribution in [2.24, 2.45) is 0 Å². The Kier molecular flexibility index (Phi) is 4.20. The fourth-order valence-electron chi connectivity index (χ4n) is 3.17. The summed E-state index contributed by atoms with van der Waals surface area (Å²) in [5, 5.41) is 9.94. The minimum Gasteiger partial charge on any atom is -0.478 e. The van der Waals surface area contributed by atoms with E-state index in [1.54, 1.807) is 12.1 Å². The quantitative estimate of drug-likeness (QED) is 0.750. The Morgan fingerprint density at radius 2 is 1.92 bits per heavy atom. The minimum absolute atomic E-state index is 0.263. The smallest absolute Gasteiger partial charge is 0.335 e. The summed E-state index contributed by atoms with van der Waals surface area (Å²) in [6.07, 6.45) is 3.36. The molecule has 24 heavy (non-hydrogen) atoms. The SMILES string of the molecule is CCCc1c(-c2ccc(C(=O)O)cc2)c2c(N)ncnc2n1CC. The van der Waals surface area contributed by atoms with Crippen LogP contribution < -0.4 is 5.73 Å². The number of anilines is 1. The zero-order chi connectivity index (χ0) is 17.3. The van der Waals surface area contributed by atoms with Crippen LogP contribution in [0.15, 0.2) is 30.6 Å². The molecule has 0 aliphatic carbocycles. The molecule has 0 fully saturated rings. The molecular formula is C18H20N4O2. The van der Waals surface area contributed by atoms with Gasteiger partial charge in [-0.2, -0.15) is 0 Å². The molecule has 3 N–H and O–H groups in total. The Balaban J connectivity index is 2.32. The summed E-state index contributed by atoms with van der Waals surface area (Å²) < 4.78 is 2.16. The van der Waals surface area contributed by atoms with E-state index in [4.69, 9.17) is 10.8 Å². The van der Waals surface area contributed by atoms with E-state index in [-0.39, 0.29) is 5.56 Å². The van der Waals surface area contributed by atoms with Crippen molar-refractivity contribution in [1.29, 1.82) is 0 Å². The lowest BCUT2D eigenvalue weighted by Crippen LogP contribution is -2.02. The number of nitrogens with two attached hydrogens (primary N) is 1. The normalized spacial score (nSPS) is 11.1. The van der Waals surface area contributed by atoms with Crippen molar-refractivity contribution < 1.29 is 9.90 Å². The lowest BCUT2D eigenvalue weighted by atomic mass is 9.99. The molecule has 1 aromatic carbocycles. The summed E-state index contributed by atoms with van der Waals surface area (Å²) in [7, 11) is 0. The van der Waals surface area contributed by atoms with E-state index in [0.29, 0.717) is 5.82 Å². The summed E-state index contributed by atoms with van der Waals surface area (Å²) in [4.78, 5) is 19.7.